The third kappa shape index (κ3) is 1.45. The van der Waals surface area contributed by atoms with E-state index in [0.717, 1.165) is 6.07 Å². The molecule has 1 aliphatic heterocycles. The summed E-state index contributed by atoms with van der Waals surface area (Å²) in [5, 5.41) is 8.52. The zero-order valence-electron chi connectivity index (χ0n) is 7.62. The summed E-state index contributed by atoms with van der Waals surface area (Å²) in [5.74, 6) is -3.74. The molecule has 1 aliphatic rings. The largest absolute Gasteiger partial charge is 0.492 e. The lowest BCUT2D eigenvalue weighted by atomic mass is 10.0. The predicted octanol–water partition coefficient (Wildman–Crippen LogP) is 1.03. The van der Waals surface area contributed by atoms with Crippen LogP contribution in [0.5, 0.6) is 5.75 Å². The number of ketones is 1. The number of carboxylic acids is 1. The van der Waals surface area contributed by atoms with Crippen LogP contribution in [0.15, 0.2) is 12.1 Å². The van der Waals surface area contributed by atoms with E-state index in [1.165, 1.54) is 6.07 Å². The Morgan fingerprint density at radius 3 is 2.80 bits per heavy atom. The number of carbonyl (C=O) groups excluding carboxylic acids is 1. The second-order valence-corrected chi connectivity index (χ2v) is 3.14. The van der Waals surface area contributed by atoms with E-state index < -0.39 is 23.1 Å². The molecule has 0 aliphatic carbocycles. The summed E-state index contributed by atoms with van der Waals surface area (Å²) >= 11 is 0. The number of carbonyl (C=O) groups is 2. The highest BCUT2D eigenvalue weighted by Gasteiger charge is 2.28. The minimum Gasteiger partial charge on any atom is -0.492 e. The molecule has 0 radical (unpaired) electrons. The number of ether oxygens (including phenoxy) is 1. The van der Waals surface area contributed by atoms with Gasteiger partial charge in [0.25, 0.3) is 5.78 Å². The van der Waals surface area contributed by atoms with Crippen molar-refractivity contribution < 1.29 is 23.8 Å². The maximum atomic E-state index is 13.3. The molecule has 0 unspecified atom stereocenters. The maximum Gasteiger partial charge on any atom is 0.377 e. The lowest BCUT2D eigenvalue weighted by molar-refractivity contribution is -0.131. The van der Waals surface area contributed by atoms with Crippen LogP contribution in [0, 0.1) is 5.82 Å². The van der Waals surface area contributed by atoms with Gasteiger partial charge in [-0.05, 0) is 11.6 Å². The maximum absolute atomic E-state index is 13.3. The molecule has 78 valence electrons. The van der Waals surface area contributed by atoms with E-state index in [0.29, 0.717) is 18.6 Å². The molecule has 4 nitrogen and oxygen atoms in total. The minimum absolute atomic E-state index is 0.0717. The summed E-state index contributed by atoms with van der Waals surface area (Å²) in [5.41, 5.74) is 0.193. The highest BCUT2D eigenvalue weighted by molar-refractivity contribution is 6.40. The third-order valence-corrected chi connectivity index (χ3v) is 2.23. The number of benzene rings is 1. The monoisotopic (exact) mass is 210 g/mol. The Hall–Kier alpha value is -1.91. The van der Waals surface area contributed by atoms with Crippen LogP contribution in [0.2, 0.25) is 0 Å². The number of Topliss-reactive ketones (excluding diaryl/α,β-unsaturated/α-hetero) is 1. The summed E-state index contributed by atoms with van der Waals surface area (Å²) in [6.07, 6.45) is 0.565. The van der Waals surface area contributed by atoms with E-state index in [-0.39, 0.29) is 5.75 Å². The van der Waals surface area contributed by atoms with Gasteiger partial charge in [0.1, 0.15) is 17.1 Å². The summed E-state index contributed by atoms with van der Waals surface area (Å²) in [4.78, 5) is 21.7. The van der Waals surface area contributed by atoms with Gasteiger partial charge in [0.2, 0.25) is 0 Å². The molecule has 0 spiro atoms. The van der Waals surface area contributed by atoms with Crippen LogP contribution < -0.4 is 4.74 Å². The van der Waals surface area contributed by atoms with Crippen LogP contribution in [-0.4, -0.2) is 23.5 Å². The second-order valence-electron chi connectivity index (χ2n) is 3.14. The molecule has 1 N–H and O–H groups in total. The average Bonchev–Trinajstić information content (AvgIpc) is 2.64. The molecular weight excluding hydrogens is 203 g/mol. The van der Waals surface area contributed by atoms with Gasteiger partial charge in [-0.1, -0.05) is 6.07 Å². The molecule has 15 heavy (non-hydrogen) atoms. The van der Waals surface area contributed by atoms with Gasteiger partial charge in [0.05, 0.1) is 6.61 Å². The average molecular weight is 210 g/mol. The van der Waals surface area contributed by atoms with Crippen molar-refractivity contribution in [3.63, 3.8) is 0 Å². The normalized spacial score (nSPS) is 13.1. The molecular formula is C10H7FO4. The van der Waals surface area contributed by atoms with E-state index in [1.54, 1.807) is 0 Å². The molecule has 2 rings (SSSR count). The number of rotatable bonds is 2. The fourth-order valence-corrected chi connectivity index (χ4v) is 1.55. The Labute approximate surface area is 84.3 Å². The van der Waals surface area contributed by atoms with Gasteiger partial charge in [-0.25, -0.2) is 9.18 Å². The fraction of sp³-hybridized carbons (Fsp3) is 0.200. The van der Waals surface area contributed by atoms with Gasteiger partial charge in [-0.2, -0.15) is 0 Å². The number of fused-ring (bicyclic) bond motifs is 1. The molecule has 1 aromatic carbocycles. The summed E-state index contributed by atoms with van der Waals surface area (Å²) < 4.78 is 18.3. The first-order valence-corrected chi connectivity index (χ1v) is 4.33. The van der Waals surface area contributed by atoms with Crippen molar-refractivity contribution in [1.29, 1.82) is 0 Å². The van der Waals surface area contributed by atoms with Crippen LogP contribution in [-0.2, 0) is 11.2 Å². The fourth-order valence-electron chi connectivity index (χ4n) is 1.55. The highest BCUT2D eigenvalue weighted by Crippen LogP contribution is 2.31. The number of carboxylic acid groups (broad SMARTS) is 1. The van der Waals surface area contributed by atoms with Crippen molar-refractivity contribution >= 4 is 11.8 Å². The van der Waals surface area contributed by atoms with Crippen LogP contribution in [0.3, 0.4) is 0 Å². The molecule has 0 saturated heterocycles. The number of hydrogen-bond acceptors (Lipinski definition) is 3. The number of hydrogen-bond donors (Lipinski definition) is 1. The second kappa shape index (κ2) is 3.34. The molecule has 0 amide bonds. The quantitative estimate of drug-likeness (QED) is 0.584. The Balaban J connectivity index is 2.60. The topological polar surface area (TPSA) is 63.6 Å². The van der Waals surface area contributed by atoms with Gasteiger partial charge in [-0.15, -0.1) is 0 Å². The predicted molar refractivity (Wildman–Crippen MR) is 47.6 cm³/mol. The first kappa shape index (κ1) is 9.64. The number of aliphatic carboxylic acids is 1. The summed E-state index contributed by atoms with van der Waals surface area (Å²) in [6, 6.07) is 2.58. The zero-order valence-corrected chi connectivity index (χ0v) is 7.62. The van der Waals surface area contributed by atoms with Crippen molar-refractivity contribution in [2.75, 3.05) is 6.61 Å². The Bertz CT molecular complexity index is 453. The molecule has 1 aromatic rings. The van der Waals surface area contributed by atoms with Crippen LogP contribution in [0.1, 0.15) is 15.9 Å². The molecule has 0 fully saturated rings. The Kier molecular flexibility index (Phi) is 2.15. The van der Waals surface area contributed by atoms with Gasteiger partial charge < -0.3 is 9.84 Å². The van der Waals surface area contributed by atoms with E-state index in [9.17, 15) is 14.0 Å². The highest BCUT2D eigenvalue weighted by atomic mass is 19.1. The smallest absolute Gasteiger partial charge is 0.377 e. The summed E-state index contributed by atoms with van der Waals surface area (Å²) in [6.45, 7) is 0.346. The molecule has 0 saturated carbocycles. The van der Waals surface area contributed by atoms with E-state index >= 15 is 0 Å². The van der Waals surface area contributed by atoms with Crippen molar-refractivity contribution in [2.45, 2.75) is 6.42 Å². The molecule has 0 bridgehead atoms. The summed E-state index contributed by atoms with van der Waals surface area (Å²) in [7, 11) is 0. The van der Waals surface area contributed by atoms with Gasteiger partial charge in [0.15, 0.2) is 0 Å². The zero-order chi connectivity index (χ0) is 11.0. The molecule has 0 atom stereocenters. The molecule has 5 heteroatoms. The van der Waals surface area contributed by atoms with Gasteiger partial charge >= 0.3 is 5.97 Å². The van der Waals surface area contributed by atoms with Crippen molar-refractivity contribution in [1.82, 2.24) is 0 Å². The van der Waals surface area contributed by atoms with Crippen molar-refractivity contribution in [3.05, 3.63) is 29.1 Å². The van der Waals surface area contributed by atoms with Crippen LogP contribution >= 0.6 is 0 Å². The third-order valence-electron chi connectivity index (χ3n) is 2.23. The standard InChI is InChI=1S/C10H7FO4/c11-6-2-1-5-3-4-15-9(5)7(6)8(12)10(13)14/h1-2H,3-4H2,(H,13,14). The Morgan fingerprint density at radius 2 is 2.13 bits per heavy atom. The molecule has 1 heterocycles. The van der Waals surface area contributed by atoms with Crippen molar-refractivity contribution in [2.24, 2.45) is 0 Å². The molecule has 0 aromatic heterocycles. The van der Waals surface area contributed by atoms with Gasteiger partial charge in [0, 0.05) is 6.42 Å². The van der Waals surface area contributed by atoms with E-state index in [1.807, 2.05) is 0 Å². The first-order chi connectivity index (χ1) is 7.11. The SMILES string of the molecule is O=C(O)C(=O)c1c(F)ccc2c1OCC2. The van der Waals surface area contributed by atoms with Gasteiger partial charge in [-0.3, -0.25) is 4.79 Å². The lowest BCUT2D eigenvalue weighted by Crippen LogP contribution is -2.15. The minimum atomic E-state index is -1.68. The van der Waals surface area contributed by atoms with Crippen LogP contribution in [0.25, 0.3) is 0 Å². The van der Waals surface area contributed by atoms with Crippen molar-refractivity contribution in [3.8, 4) is 5.75 Å². The number of halogens is 1. The Morgan fingerprint density at radius 1 is 1.40 bits per heavy atom. The van der Waals surface area contributed by atoms with E-state index in [4.69, 9.17) is 9.84 Å². The lowest BCUT2D eigenvalue weighted by Gasteiger charge is -2.05. The first-order valence-electron chi connectivity index (χ1n) is 4.33. The van der Waals surface area contributed by atoms with E-state index in [2.05, 4.69) is 0 Å². The van der Waals surface area contributed by atoms with Crippen LogP contribution in [0.4, 0.5) is 4.39 Å².